The van der Waals surface area contributed by atoms with E-state index in [1.165, 1.54) is 25.1 Å². The van der Waals surface area contributed by atoms with Gasteiger partial charge in [-0.1, -0.05) is 6.07 Å². The maximum absolute atomic E-state index is 11.4. The van der Waals surface area contributed by atoms with Crippen molar-refractivity contribution < 1.29 is 14.3 Å². The number of hydrogen-bond donors (Lipinski definition) is 1. The predicted octanol–water partition coefficient (Wildman–Crippen LogP) is 0.645. The Balaban J connectivity index is 2.45. The van der Waals surface area contributed by atoms with Gasteiger partial charge in [0.25, 0.3) is 0 Å². The summed E-state index contributed by atoms with van der Waals surface area (Å²) in [4.78, 5) is 15.6. The fourth-order valence-corrected chi connectivity index (χ4v) is 1.44. The summed E-state index contributed by atoms with van der Waals surface area (Å²) in [6.07, 6.45) is 1.34. The van der Waals surface area contributed by atoms with Gasteiger partial charge in [-0.25, -0.2) is 4.79 Å². The van der Waals surface area contributed by atoms with Gasteiger partial charge in [-0.05, 0) is 6.07 Å². The quantitative estimate of drug-likeness (QED) is 0.801. The van der Waals surface area contributed by atoms with Crippen molar-refractivity contribution in [2.24, 2.45) is 0 Å². The van der Waals surface area contributed by atoms with Crippen LogP contribution in [0, 0.1) is 0 Å². The molecule has 0 fully saturated rings. The van der Waals surface area contributed by atoms with Crippen LogP contribution in [-0.2, 0) is 4.74 Å². The van der Waals surface area contributed by atoms with E-state index >= 15 is 0 Å². The van der Waals surface area contributed by atoms with Crippen molar-refractivity contribution in [3.63, 3.8) is 0 Å². The minimum absolute atomic E-state index is 0.169. The number of carbonyl (C=O) groups is 1. The standard InChI is InChI=1S/C11H12N4O3/c1-17-9-5-3-4-8(14-9)15-10(12)7(6-13-15)11(16)18-2/h3-6H,12H2,1-2H3. The maximum Gasteiger partial charge on any atom is 0.343 e. The number of nitrogen functional groups attached to an aromatic ring is 1. The van der Waals surface area contributed by atoms with E-state index in [1.54, 1.807) is 18.2 Å². The summed E-state index contributed by atoms with van der Waals surface area (Å²) in [5.74, 6) is 0.522. The third kappa shape index (κ3) is 1.97. The highest BCUT2D eigenvalue weighted by atomic mass is 16.5. The second-order valence-electron chi connectivity index (χ2n) is 3.39. The number of anilines is 1. The lowest BCUT2D eigenvalue weighted by Gasteiger charge is -2.05. The minimum Gasteiger partial charge on any atom is -0.481 e. The number of methoxy groups -OCH3 is 2. The Hall–Kier alpha value is -2.57. The van der Waals surface area contributed by atoms with E-state index in [-0.39, 0.29) is 11.4 Å². The van der Waals surface area contributed by atoms with Gasteiger partial charge < -0.3 is 15.2 Å². The molecule has 18 heavy (non-hydrogen) atoms. The van der Waals surface area contributed by atoms with Crippen molar-refractivity contribution in [3.8, 4) is 11.7 Å². The van der Waals surface area contributed by atoms with E-state index in [0.29, 0.717) is 11.7 Å². The highest BCUT2D eigenvalue weighted by Gasteiger charge is 2.17. The lowest BCUT2D eigenvalue weighted by Crippen LogP contribution is -2.08. The summed E-state index contributed by atoms with van der Waals surface area (Å²) in [7, 11) is 2.79. The summed E-state index contributed by atoms with van der Waals surface area (Å²) >= 11 is 0. The van der Waals surface area contributed by atoms with Gasteiger partial charge in [0, 0.05) is 6.07 Å². The van der Waals surface area contributed by atoms with Crippen molar-refractivity contribution in [2.75, 3.05) is 20.0 Å². The molecule has 0 aliphatic carbocycles. The molecule has 0 unspecified atom stereocenters. The van der Waals surface area contributed by atoms with Gasteiger partial charge in [-0.2, -0.15) is 14.8 Å². The zero-order valence-corrected chi connectivity index (χ0v) is 9.95. The lowest BCUT2D eigenvalue weighted by atomic mass is 10.3. The van der Waals surface area contributed by atoms with Crippen molar-refractivity contribution in [1.29, 1.82) is 0 Å². The number of esters is 1. The first-order valence-corrected chi connectivity index (χ1v) is 5.10. The van der Waals surface area contributed by atoms with Crippen LogP contribution in [0.5, 0.6) is 5.88 Å². The minimum atomic E-state index is -0.540. The van der Waals surface area contributed by atoms with Gasteiger partial charge in [0.05, 0.1) is 20.4 Å². The molecule has 2 heterocycles. The summed E-state index contributed by atoms with van der Waals surface area (Å²) < 4.78 is 10.9. The largest absolute Gasteiger partial charge is 0.481 e. The van der Waals surface area contributed by atoms with Crippen LogP contribution in [0.4, 0.5) is 5.82 Å². The van der Waals surface area contributed by atoms with Crippen molar-refractivity contribution in [1.82, 2.24) is 14.8 Å². The molecule has 0 aromatic carbocycles. The fourth-order valence-electron chi connectivity index (χ4n) is 1.44. The van der Waals surface area contributed by atoms with E-state index in [1.807, 2.05) is 0 Å². The Morgan fingerprint density at radius 3 is 2.83 bits per heavy atom. The molecule has 0 spiro atoms. The molecular weight excluding hydrogens is 236 g/mol. The number of rotatable bonds is 3. The van der Waals surface area contributed by atoms with Gasteiger partial charge in [-0.15, -0.1) is 0 Å². The van der Waals surface area contributed by atoms with E-state index < -0.39 is 5.97 Å². The first-order chi connectivity index (χ1) is 8.67. The van der Waals surface area contributed by atoms with E-state index in [0.717, 1.165) is 0 Å². The molecule has 7 nitrogen and oxygen atoms in total. The number of aromatic nitrogens is 3. The Morgan fingerprint density at radius 2 is 2.17 bits per heavy atom. The number of nitrogens with two attached hydrogens (primary N) is 1. The van der Waals surface area contributed by atoms with Gasteiger partial charge in [0.15, 0.2) is 5.82 Å². The zero-order valence-electron chi connectivity index (χ0n) is 9.95. The normalized spacial score (nSPS) is 10.1. The smallest absolute Gasteiger partial charge is 0.343 e. The molecule has 0 radical (unpaired) electrons. The molecule has 7 heteroatoms. The highest BCUT2D eigenvalue weighted by Crippen LogP contribution is 2.18. The number of hydrogen-bond acceptors (Lipinski definition) is 6. The molecule has 0 atom stereocenters. The Kier molecular flexibility index (Phi) is 3.13. The summed E-state index contributed by atoms with van der Waals surface area (Å²) in [5.41, 5.74) is 6.02. The average Bonchev–Trinajstić information content (AvgIpc) is 2.80. The van der Waals surface area contributed by atoms with E-state index in [4.69, 9.17) is 10.5 Å². The monoisotopic (exact) mass is 248 g/mol. The van der Waals surface area contributed by atoms with Crippen LogP contribution >= 0.6 is 0 Å². The molecule has 0 bridgehead atoms. The van der Waals surface area contributed by atoms with Gasteiger partial charge in [0.2, 0.25) is 5.88 Å². The first-order valence-electron chi connectivity index (χ1n) is 5.10. The molecule has 0 aliphatic heterocycles. The summed E-state index contributed by atoms with van der Waals surface area (Å²) in [5, 5.41) is 4.00. The number of carbonyl (C=O) groups excluding carboxylic acids is 1. The van der Waals surface area contributed by atoms with Crippen LogP contribution in [0.1, 0.15) is 10.4 Å². The van der Waals surface area contributed by atoms with Gasteiger partial charge in [-0.3, -0.25) is 0 Å². The van der Waals surface area contributed by atoms with Crippen LogP contribution in [0.25, 0.3) is 5.82 Å². The maximum atomic E-state index is 11.4. The lowest BCUT2D eigenvalue weighted by molar-refractivity contribution is 0.0602. The number of pyridine rings is 1. The predicted molar refractivity (Wildman–Crippen MR) is 63.7 cm³/mol. The highest BCUT2D eigenvalue weighted by molar-refractivity contribution is 5.94. The molecule has 0 amide bonds. The third-order valence-corrected chi connectivity index (χ3v) is 2.35. The van der Waals surface area contributed by atoms with Crippen molar-refractivity contribution in [3.05, 3.63) is 30.0 Å². The third-order valence-electron chi connectivity index (χ3n) is 2.35. The molecule has 2 aromatic heterocycles. The molecule has 0 aliphatic rings. The molecule has 2 rings (SSSR count). The number of ether oxygens (including phenoxy) is 2. The van der Waals surface area contributed by atoms with Crippen LogP contribution in [0.15, 0.2) is 24.4 Å². The van der Waals surface area contributed by atoms with E-state index in [9.17, 15) is 4.79 Å². The molecule has 2 N–H and O–H groups in total. The Bertz CT molecular complexity index is 579. The summed E-state index contributed by atoms with van der Waals surface area (Å²) in [6.45, 7) is 0. The number of nitrogens with zero attached hydrogens (tertiary/aromatic N) is 3. The van der Waals surface area contributed by atoms with Crippen molar-refractivity contribution >= 4 is 11.8 Å². The van der Waals surface area contributed by atoms with Gasteiger partial charge >= 0.3 is 5.97 Å². The van der Waals surface area contributed by atoms with Gasteiger partial charge in [0.1, 0.15) is 11.4 Å². The molecule has 94 valence electrons. The Labute approximate surface area is 103 Å². The second-order valence-corrected chi connectivity index (χ2v) is 3.39. The topological polar surface area (TPSA) is 92.3 Å². The molecular formula is C11H12N4O3. The summed E-state index contributed by atoms with van der Waals surface area (Å²) in [6, 6.07) is 5.15. The molecule has 0 saturated heterocycles. The van der Waals surface area contributed by atoms with Crippen LogP contribution in [0.2, 0.25) is 0 Å². The van der Waals surface area contributed by atoms with Crippen LogP contribution < -0.4 is 10.5 Å². The fraction of sp³-hybridized carbons (Fsp3) is 0.182. The SMILES string of the molecule is COC(=O)c1cnn(-c2cccc(OC)n2)c1N. The first kappa shape index (κ1) is 11.9. The van der Waals surface area contributed by atoms with Crippen molar-refractivity contribution in [2.45, 2.75) is 0 Å². The van der Waals surface area contributed by atoms with Crippen LogP contribution in [-0.4, -0.2) is 35.0 Å². The molecule has 2 aromatic rings. The van der Waals surface area contributed by atoms with E-state index in [2.05, 4.69) is 14.8 Å². The molecule has 0 saturated carbocycles. The van der Waals surface area contributed by atoms with Crippen LogP contribution in [0.3, 0.4) is 0 Å². The average molecular weight is 248 g/mol. The Morgan fingerprint density at radius 1 is 1.39 bits per heavy atom. The second kappa shape index (κ2) is 4.74. The zero-order chi connectivity index (χ0) is 13.1.